The van der Waals surface area contributed by atoms with Gasteiger partial charge in [0.2, 0.25) is 0 Å². The van der Waals surface area contributed by atoms with Crippen molar-refractivity contribution in [3.05, 3.63) is 40.0 Å². The summed E-state index contributed by atoms with van der Waals surface area (Å²) in [7, 11) is -0.820. The molecule has 7 nitrogen and oxygen atoms in total. The highest BCUT2D eigenvalue weighted by molar-refractivity contribution is 14.1. The summed E-state index contributed by atoms with van der Waals surface area (Å²) in [5.41, 5.74) is 0.441. The van der Waals surface area contributed by atoms with Crippen LogP contribution in [0.3, 0.4) is 0 Å². The van der Waals surface area contributed by atoms with Gasteiger partial charge in [0.1, 0.15) is 12.4 Å². The molecule has 9 heteroatoms. The van der Waals surface area contributed by atoms with Crippen LogP contribution < -0.4 is 18.9 Å². The van der Waals surface area contributed by atoms with Crippen LogP contribution in [0.5, 0.6) is 17.2 Å². The van der Waals surface area contributed by atoms with Gasteiger partial charge in [-0.2, -0.15) is 0 Å². The van der Waals surface area contributed by atoms with E-state index in [1.54, 1.807) is 18.2 Å². The first kappa shape index (κ1) is 22.0. The maximum atomic E-state index is 12.8. The van der Waals surface area contributed by atoms with Crippen LogP contribution in [-0.4, -0.2) is 53.8 Å². The van der Waals surface area contributed by atoms with Crippen molar-refractivity contribution in [3.8, 4) is 17.2 Å². The molecule has 0 unspecified atom stereocenters. The monoisotopic (exact) mass is 532 g/mol. The van der Waals surface area contributed by atoms with Crippen molar-refractivity contribution in [2.75, 3.05) is 45.2 Å². The number of hydrogen-bond donors (Lipinski definition) is 1. The van der Waals surface area contributed by atoms with E-state index in [-0.39, 0.29) is 4.90 Å². The van der Waals surface area contributed by atoms with Crippen molar-refractivity contribution >= 4 is 38.3 Å². The second kappa shape index (κ2) is 9.86. The zero-order valence-electron chi connectivity index (χ0n) is 16.5. The molecule has 0 saturated carbocycles. The van der Waals surface area contributed by atoms with Crippen molar-refractivity contribution in [3.63, 3.8) is 0 Å². The van der Waals surface area contributed by atoms with E-state index in [1.807, 2.05) is 6.07 Å². The summed E-state index contributed by atoms with van der Waals surface area (Å²) in [6.45, 7) is 3.68. The van der Waals surface area contributed by atoms with Gasteiger partial charge in [-0.25, -0.2) is 8.42 Å². The maximum Gasteiger partial charge on any atom is 0.262 e. The highest BCUT2D eigenvalue weighted by atomic mass is 127. The van der Waals surface area contributed by atoms with E-state index in [0.29, 0.717) is 29.5 Å². The Balaban J connectivity index is 1.71. The second-order valence-electron chi connectivity index (χ2n) is 6.66. The molecule has 1 saturated heterocycles. The summed E-state index contributed by atoms with van der Waals surface area (Å²) in [5, 5.41) is 0. The molecule has 2 aromatic rings. The van der Waals surface area contributed by atoms with Crippen LogP contribution >= 0.6 is 22.6 Å². The number of anilines is 1. The number of methoxy groups -OCH3 is 2. The minimum atomic E-state index is -3.79. The van der Waals surface area contributed by atoms with Gasteiger partial charge < -0.3 is 14.2 Å². The summed E-state index contributed by atoms with van der Waals surface area (Å²) in [5.74, 6) is 1.48. The van der Waals surface area contributed by atoms with Gasteiger partial charge in [-0.1, -0.05) is 0 Å². The predicted octanol–water partition coefficient (Wildman–Crippen LogP) is 3.58. The van der Waals surface area contributed by atoms with Gasteiger partial charge in [0, 0.05) is 18.7 Å². The van der Waals surface area contributed by atoms with Crippen LogP contribution in [0, 0.1) is 3.57 Å². The third-order valence-electron chi connectivity index (χ3n) is 4.71. The lowest BCUT2D eigenvalue weighted by molar-refractivity contribution is 0.237. The highest BCUT2D eigenvalue weighted by Crippen LogP contribution is 2.31. The van der Waals surface area contributed by atoms with Crippen LogP contribution in [-0.2, 0) is 10.0 Å². The zero-order valence-corrected chi connectivity index (χ0v) is 19.5. The minimum Gasteiger partial charge on any atom is -0.493 e. The van der Waals surface area contributed by atoms with Gasteiger partial charge in [0.25, 0.3) is 10.0 Å². The van der Waals surface area contributed by atoms with Crippen LogP contribution in [0.1, 0.15) is 12.8 Å². The van der Waals surface area contributed by atoms with Crippen LogP contribution in [0.15, 0.2) is 41.3 Å². The molecule has 3 rings (SSSR count). The Labute approximate surface area is 185 Å². The number of rotatable bonds is 9. The van der Waals surface area contributed by atoms with Crippen molar-refractivity contribution in [1.82, 2.24) is 4.90 Å². The van der Waals surface area contributed by atoms with E-state index in [4.69, 9.17) is 14.2 Å². The molecule has 0 bridgehead atoms. The quantitative estimate of drug-likeness (QED) is 0.498. The van der Waals surface area contributed by atoms with E-state index in [0.717, 1.165) is 23.2 Å². The molecule has 0 atom stereocenters. The largest absolute Gasteiger partial charge is 0.493 e. The fourth-order valence-corrected chi connectivity index (χ4v) is 4.72. The zero-order chi connectivity index (χ0) is 20.9. The standard InChI is InChI=1S/C20H25IN2O5S/c1-26-18-8-6-16(14-20(18)27-2)29(24,25)22-15-5-7-17(21)19(13-15)28-12-11-23-9-3-4-10-23/h5-8,13-14,22H,3-4,9-12H2,1-2H3. The van der Waals surface area contributed by atoms with Crippen LogP contribution in [0.25, 0.3) is 0 Å². The number of ether oxygens (including phenoxy) is 3. The number of benzene rings is 2. The molecule has 0 amide bonds. The van der Waals surface area contributed by atoms with Gasteiger partial charge in [0.15, 0.2) is 11.5 Å². The summed E-state index contributed by atoms with van der Waals surface area (Å²) >= 11 is 2.18. The summed E-state index contributed by atoms with van der Waals surface area (Å²) < 4.78 is 45.4. The fraction of sp³-hybridized carbons (Fsp3) is 0.400. The Kier molecular flexibility index (Phi) is 7.47. The Bertz CT molecular complexity index is 946. The SMILES string of the molecule is COc1ccc(S(=O)(=O)Nc2ccc(I)c(OCCN3CCCC3)c2)cc1OC. The number of halogens is 1. The average molecular weight is 532 g/mol. The van der Waals surface area contributed by atoms with Gasteiger partial charge >= 0.3 is 0 Å². The normalized spacial score (nSPS) is 14.6. The summed E-state index contributed by atoms with van der Waals surface area (Å²) in [4.78, 5) is 2.46. The fourth-order valence-electron chi connectivity index (χ4n) is 3.17. The first-order valence-electron chi connectivity index (χ1n) is 9.32. The molecule has 0 aliphatic carbocycles. The minimum absolute atomic E-state index is 0.0881. The van der Waals surface area contributed by atoms with E-state index in [2.05, 4.69) is 32.2 Å². The van der Waals surface area contributed by atoms with E-state index >= 15 is 0 Å². The Morgan fingerprint density at radius 2 is 1.72 bits per heavy atom. The third-order valence-corrected chi connectivity index (χ3v) is 6.98. The first-order chi connectivity index (χ1) is 13.9. The Morgan fingerprint density at radius 1 is 1.00 bits per heavy atom. The molecule has 0 aromatic heterocycles. The lowest BCUT2D eigenvalue weighted by atomic mass is 10.3. The predicted molar refractivity (Wildman–Crippen MR) is 121 cm³/mol. The lowest BCUT2D eigenvalue weighted by Crippen LogP contribution is -2.25. The van der Waals surface area contributed by atoms with Gasteiger partial charge in [-0.3, -0.25) is 9.62 Å². The van der Waals surface area contributed by atoms with Crippen molar-refractivity contribution < 1.29 is 22.6 Å². The second-order valence-corrected chi connectivity index (χ2v) is 9.51. The molecule has 0 spiro atoms. The lowest BCUT2D eigenvalue weighted by Gasteiger charge is -2.16. The van der Waals surface area contributed by atoms with Gasteiger partial charge in [0.05, 0.1) is 28.4 Å². The molecule has 1 fully saturated rings. The number of nitrogens with one attached hydrogen (secondary N) is 1. The van der Waals surface area contributed by atoms with Gasteiger partial charge in [-0.15, -0.1) is 0 Å². The highest BCUT2D eigenvalue weighted by Gasteiger charge is 2.18. The molecule has 1 N–H and O–H groups in total. The number of sulfonamides is 1. The topological polar surface area (TPSA) is 77.1 Å². The Morgan fingerprint density at radius 3 is 2.41 bits per heavy atom. The van der Waals surface area contributed by atoms with Crippen molar-refractivity contribution in [1.29, 1.82) is 0 Å². The number of nitrogens with zero attached hydrogens (tertiary/aromatic N) is 1. The molecule has 2 aromatic carbocycles. The van der Waals surface area contributed by atoms with E-state index in [1.165, 1.54) is 39.2 Å². The summed E-state index contributed by atoms with van der Waals surface area (Å²) in [6, 6.07) is 9.73. The van der Waals surface area contributed by atoms with Gasteiger partial charge in [-0.05, 0) is 72.8 Å². The van der Waals surface area contributed by atoms with E-state index in [9.17, 15) is 8.42 Å². The molecule has 1 aliphatic heterocycles. The molecule has 0 radical (unpaired) electrons. The van der Waals surface area contributed by atoms with Crippen molar-refractivity contribution in [2.24, 2.45) is 0 Å². The molecule has 29 heavy (non-hydrogen) atoms. The van der Waals surface area contributed by atoms with Crippen LogP contribution in [0.2, 0.25) is 0 Å². The van der Waals surface area contributed by atoms with Crippen LogP contribution in [0.4, 0.5) is 5.69 Å². The molecular weight excluding hydrogens is 507 g/mol. The third kappa shape index (κ3) is 5.67. The molecule has 1 heterocycles. The smallest absolute Gasteiger partial charge is 0.262 e. The molecule has 158 valence electrons. The average Bonchev–Trinajstić information content (AvgIpc) is 3.23. The number of hydrogen-bond acceptors (Lipinski definition) is 6. The van der Waals surface area contributed by atoms with E-state index < -0.39 is 10.0 Å². The van der Waals surface area contributed by atoms with Crippen molar-refractivity contribution in [2.45, 2.75) is 17.7 Å². The molecule has 1 aliphatic rings. The molecular formula is C20H25IN2O5S. The number of likely N-dealkylation sites (tertiary alicyclic amines) is 1. The maximum absolute atomic E-state index is 12.8. The first-order valence-corrected chi connectivity index (χ1v) is 11.9. The Hall–Kier alpha value is -1.72. The summed E-state index contributed by atoms with van der Waals surface area (Å²) in [6.07, 6.45) is 2.48.